The summed E-state index contributed by atoms with van der Waals surface area (Å²) >= 11 is 0. The molecule has 9 nitrogen and oxygen atoms in total. The molecule has 0 radical (unpaired) electrons. The number of hydrogen-bond donors (Lipinski definition) is 6. The Balaban J connectivity index is 0. The molecule has 11 heteroatoms. The minimum Gasteiger partial charge on any atom is -0.313 e. The Hall–Kier alpha value is 0.180. The standard InChI is InChI=1S/H4NO4P.H4NO3P/c1-5-6(2,3)4;1-5(2,3)4/h1H2,(H2,2,3,4);(H4,1,2,3,4). The maximum atomic E-state index is 9.35. The van der Waals surface area contributed by atoms with Crippen LogP contribution in [0, 0.1) is 0 Å². The van der Waals surface area contributed by atoms with E-state index in [2.05, 4.69) is 16.0 Å². The zero-order valence-corrected chi connectivity index (χ0v) is 6.85. The van der Waals surface area contributed by atoms with Crippen molar-refractivity contribution in [2.45, 2.75) is 0 Å². The van der Waals surface area contributed by atoms with Crippen LogP contribution in [0.3, 0.4) is 0 Å². The first-order chi connectivity index (χ1) is 4.56. The van der Waals surface area contributed by atoms with Crippen molar-refractivity contribution >= 4 is 15.6 Å². The van der Waals surface area contributed by atoms with Crippen molar-refractivity contribution in [2.24, 2.45) is 11.4 Å². The molecule has 0 bridgehead atoms. The Morgan fingerprint density at radius 2 is 1.18 bits per heavy atom. The number of phosphoric acid groups is 1. The van der Waals surface area contributed by atoms with E-state index in [1.807, 2.05) is 0 Å². The molecule has 0 fully saturated rings. The van der Waals surface area contributed by atoms with Gasteiger partial charge in [-0.3, -0.25) is 0 Å². The monoisotopic (exact) mass is 210 g/mol. The molecule has 0 rings (SSSR count). The Kier molecular flexibility index (Phi) is 6.17. The van der Waals surface area contributed by atoms with Crippen LogP contribution >= 0.6 is 15.6 Å². The summed E-state index contributed by atoms with van der Waals surface area (Å²) in [6, 6.07) is 0. The molecule has 0 heterocycles. The highest BCUT2D eigenvalue weighted by Gasteiger charge is 2.08. The average Bonchev–Trinajstić information content (AvgIpc) is 1.59. The van der Waals surface area contributed by atoms with Crippen molar-refractivity contribution in [1.82, 2.24) is 0 Å². The lowest BCUT2D eigenvalue weighted by Gasteiger charge is -1.92. The largest absolute Gasteiger partial charge is 0.485 e. The maximum absolute atomic E-state index is 9.35. The van der Waals surface area contributed by atoms with Gasteiger partial charge in [-0.2, -0.15) is 0 Å². The predicted octanol–water partition coefficient (Wildman–Crippen LogP) is -1.99. The summed E-state index contributed by atoms with van der Waals surface area (Å²) < 4.78 is 21.6. The Morgan fingerprint density at radius 1 is 1.09 bits per heavy atom. The van der Waals surface area contributed by atoms with Gasteiger partial charge in [0.05, 0.1) is 0 Å². The molecule has 0 aliphatic heterocycles. The number of rotatable bonds is 1. The molecule has 0 saturated heterocycles. The van der Waals surface area contributed by atoms with Crippen LogP contribution in [0.2, 0.25) is 0 Å². The molecule has 0 saturated carbocycles. The summed E-state index contributed by atoms with van der Waals surface area (Å²) in [5.74, 6) is 4.04. The summed E-state index contributed by atoms with van der Waals surface area (Å²) in [5, 5.41) is 0. The fourth-order valence-corrected chi connectivity index (χ4v) is 0. The molecule has 0 aromatic heterocycles. The van der Waals surface area contributed by atoms with Crippen molar-refractivity contribution in [3.05, 3.63) is 0 Å². The summed E-state index contributed by atoms with van der Waals surface area (Å²) in [6.45, 7) is 0. The molecule has 11 heavy (non-hydrogen) atoms. The summed E-state index contributed by atoms with van der Waals surface area (Å²) in [5.41, 5.74) is 4.02. The van der Waals surface area contributed by atoms with Gasteiger partial charge in [0.15, 0.2) is 0 Å². The van der Waals surface area contributed by atoms with Crippen LogP contribution < -0.4 is 11.4 Å². The third kappa shape index (κ3) is 67.4. The molecular formula is H8N2O7P2. The zero-order valence-electron chi connectivity index (χ0n) is 5.06. The minimum absolute atomic E-state index is 3.10. The van der Waals surface area contributed by atoms with Gasteiger partial charge in [0.2, 0.25) is 0 Å². The van der Waals surface area contributed by atoms with Gasteiger partial charge >= 0.3 is 15.6 Å². The fourth-order valence-electron chi connectivity index (χ4n) is 0. The summed E-state index contributed by atoms with van der Waals surface area (Å²) in [4.78, 5) is 30.0. The lowest BCUT2D eigenvalue weighted by Crippen LogP contribution is -1.93. The van der Waals surface area contributed by atoms with E-state index in [9.17, 15) is 4.57 Å². The summed E-state index contributed by atoms with van der Waals surface area (Å²) in [6.07, 6.45) is 0. The van der Waals surface area contributed by atoms with Crippen molar-refractivity contribution in [2.75, 3.05) is 0 Å². The summed E-state index contributed by atoms with van der Waals surface area (Å²) in [7, 11) is -8.51. The quantitative estimate of drug-likeness (QED) is 0.211. The molecule has 0 unspecified atom stereocenters. The Morgan fingerprint density at radius 3 is 1.18 bits per heavy atom. The van der Waals surface area contributed by atoms with E-state index < -0.39 is 15.6 Å². The third-order valence-corrected chi connectivity index (χ3v) is 0.412. The molecule has 8 N–H and O–H groups in total. The molecule has 0 aromatic rings. The number of hydrogen-bond acceptors (Lipinski definition) is 4. The Labute approximate surface area is 61.4 Å². The second kappa shape index (κ2) is 4.94. The molecule has 70 valence electrons. The first-order valence-electron chi connectivity index (χ1n) is 1.84. The van der Waals surface area contributed by atoms with E-state index >= 15 is 0 Å². The molecule has 0 aromatic carbocycles. The second-order valence-electron chi connectivity index (χ2n) is 1.19. The number of nitrogens with two attached hydrogens (primary N) is 2. The van der Waals surface area contributed by atoms with Crippen LogP contribution in [-0.2, 0) is 13.8 Å². The topological polar surface area (TPSA) is 176 Å². The minimum atomic E-state index is -4.37. The smallest absolute Gasteiger partial charge is 0.313 e. The molecule has 0 spiro atoms. The molecule has 0 amide bonds. The highest BCUT2D eigenvalue weighted by Crippen LogP contribution is 2.32. The third-order valence-electron chi connectivity index (χ3n) is 0.137. The van der Waals surface area contributed by atoms with Gasteiger partial charge in [-0.05, 0) is 0 Å². The first kappa shape index (κ1) is 13.7. The zero-order chi connectivity index (χ0) is 9.71. The van der Waals surface area contributed by atoms with Gasteiger partial charge in [-0.25, -0.2) is 25.2 Å². The van der Waals surface area contributed by atoms with Crippen LogP contribution in [-0.4, -0.2) is 19.6 Å². The highest BCUT2D eigenvalue weighted by molar-refractivity contribution is 7.49. The normalized spacial score (nSPS) is 11.8. The lowest BCUT2D eigenvalue weighted by atomic mass is 13.6. The maximum Gasteiger partial charge on any atom is 0.485 e. The van der Waals surface area contributed by atoms with Gasteiger partial charge < -0.3 is 19.6 Å². The van der Waals surface area contributed by atoms with E-state index in [0.717, 1.165) is 0 Å². The molecule has 0 aliphatic rings. The van der Waals surface area contributed by atoms with E-state index in [-0.39, 0.29) is 0 Å². The van der Waals surface area contributed by atoms with Crippen molar-refractivity contribution in [3.63, 3.8) is 0 Å². The first-order valence-corrected chi connectivity index (χ1v) is 5.05. The van der Waals surface area contributed by atoms with Crippen LogP contribution in [0.1, 0.15) is 0 Å². The van der Waals surface area contributed by atoms with Gasteiger partial charge in [-0.15, -0.1) is 0 Å². The van der Waals surface area contributed by atoms with Crippen molar-refractivity contribution < 1.29 is 33.3 Å². The molecule has 0 aliphatic carbocycles. The van der Waals surface area contributed by atoms with E-state index in [0.29, 0.717) is 0 Å². The van der Waals surface area contributed by atoms with Gasteiger partial charge in [-0.1, -0.05) is 0 Å². The van der Waals surface area contributed by atoms with E-state index in [1.165, 1.54) is 0 Å². The molecule has 0 atom stereocenters. The highest BCUT2D eigenvalue weighted by atomic mass is 31.2. The molecular weight excluding hydrogens is 202 g/mol. The SMILES string of the molecule is NOP(=O)(O)O.NP(=O)(O)O. The van der Waals surface area contributed by atoms with Gasteiger partial charge in [0.25, 0.3) is 0 Å². The van der Waals surface area contributed by atoms with Crippen LogP contribution in [0.4, 0.5) is 0 Å². The van der Waals surface area contributed by atoms with E-state index in [4.69, 9.17) is 24.1 Å². The van der Waals surface area contributed by atoms with Crippen LogP contribution in [0.5, 0.6) is 0 Å². The van der Waals surface area contributed by atoms with Crippen LogP contribution in [0.25, 0.3) is 0 Å². The van der Waals surface area contributed by atoms with Gasteiger partial charge in [0.1, 0.15) is 0 Å². The predicted molar refractivity (Wildman–Crippen MR) is 33.5 cm³/mol. The van der Waals surface area contributed by atoms with Crippen molar-refractivity contribution in [3.8, 4) is 0 Å². The van der Waals surface area contributed by atoms with Crippen molar-refractivity contribution in [1.29, 1.82) is 0 Å². The van der Waals surface area contributed by atoms with E-state index in [1.54, 1.807) is 0 Å². The Bertz CT molecular complexity index is 167. The second-order valence-corrected chi connectivity index (χ2v) is 3.56. The fraction of sp³-hybridized carbons (Fsp3) is 0. The van der Waals surface area contributed by atoms with Crippen LogP contribution in [0.15, 0.2) is 0 Å². The average molecular weight is 210 g/mol. The van der Waals surface area contributed by atoms with Gasteiger partial charge in [0, 0.05) is 0 Å². The lowest BCUT2D eigenvalue weighted by molar-refractivity contribution is 0.201.